The Balaban J connectivity index is 1.49. The highest BCUT2D eigenvalue weighted by Crippen LogP contribution is 2.41. The van der Waals surface area contributed by atoms with Gasteiger partial charge in [0.1, 0.15) is 6.54 Å². The summed E-state index contributed by atoms with van der Waals surface area (Å²) in [4.78, 5) is 26.5. The van der Waals surface area contributed by atoms with Crippen LogP contribution in [0.15, 0.2) is 30.5 Å². The van der Waals surface area contributed by atoms with Gasteiger partial charge in [0.25, 0.3) is 6.10 Å². The Morgan fingerprint density at radius 1 is 1.08 bits per heavy atom. The second kappa shape index (κ2) is 10.9. The first-order chi connectivity index (χ1) is 18.2. The van der Waals surface area contributed by atoms with Crippen molar-refractivity contribution in [1.29, 1.82) is 0 Å². The Labute approximate surface area is 224 Å². The number of hydrogen-bond acceptors (Lipinski definition) is 5. The van der Waals surface area contributed by atoms with E-state index in [1.165, 1.54) is 4.68 Å². The molecule has 0 aliphatic carbocycles. The number of carboxylic acids is 1. The van der Waals surface area contributed by atoms with E-state index in [-0.39, 0.29) is 19.6 Å². The van der Waals surface area contributed by atoms with Gasteiger partial charge in [-0.25, -0.2) is 4.79 Å². The van der Waals surface area contributed by atoms with Gasteiger partial charge in [0.05, 0.1) is 5.69 Å². The molecule has 0 radical (unpaired) electrons. The summed E-state index contributed by atoms with van der Waals surface area (Å²) >= 11 is 6.14. The van der Waals surface area contributed by atoms with Crippen LogP contribution in [0.3, 0.4) is 0 Å². The lowest BCUT2D eigenvalue weighted by Gasteiger charge is -2.45. The highest BCUT2D eigenvalue weighted by Gasteiger charge is 2.60. The van der Waals surface area contributed by atoms with Crippen molar-refractivity contribution >= 4 is 23.7 Å². The fraction of sp³-hybridized carbons (Fsp3) is 0.542. The van der Waals surface area contributed by atoms with Crippen LogP contribution in [0.5, 0.6) is 0 Å². The number of amides is 1. The van der Waals surface area contributed by atoms with Crippen molar-refractivity contribution in [2.24, 2.45) is 0 Å². The van der Waals surface area contributed by atoms with Crippen molar-refractivity contribution in [3.05, 3.63) is 41.0 Å². The number of benzene rings is 1. The van der Waals surface area contributed by atoms with Crippen LogP contribution in [-0.2, 0) is 22.6 Å². The molecule has 39 heavy (non-hydrogen) atoms. The SMILES string of the molecule is O=C(O)Cn1cc(CN2CCCC23CCN(C(=O)OC(C(F)(F)F)C(F)(F)F)CC3)c(-c2cccc(Cl)c2)n1. The van der Waals surface area contributed by atoms with E-state index in [0.717, 1.165) is 23.3 Å². The molecule has 2 aliphatic rings. The van der Waals surface area contributed by atoms with Crippen LogP contribution in [0.25, 0.3) is 11.3 Å². The van der Waals surface area contributed by atoms with Crippen molar-refractivity contribution in [3.8, 4) is 11.3 Å². The van der Waals surface area contributed by atoms with Crippen molar-refractivity contribution in [3.63, 3.8) is 0 Å². The maximum Gasteiger partial charge on any atom is 0.434 e. The minimum Gasteiger partial charge on any atom is -0.480 e. The molecule has 2 aromatic rings. The Morgan fingerprint density at radius 3 is 2.33 bits per heavy atom. The van der Waals surface area contributed by atoms with E-state index >= 15 is 0 Å². The smallest absolute Gasteiger partial charge is 0.434 e. The van der Waals surface area contributed by atoms with Gasteiger partial charge in [-0.05, 0) is 44.4 Å². The summed E-state index contributed by atoms with van der Waals surface area (Å²) in [6.07, 6.45) is -13.6. The first-order valence-corrected chi connectivity index (χ1v) is 12.4. The molecule has 0 saturated carbocycles. The molecule has 1 spiro atoms. The zero-order chi connectivity index (χ0) is 28.6. The molecule has 1 amide bonds. The number of rotatable bonds is 6. The first-order valence-electron chi connectivity index (χ1n) is 12.1. The predicted octanol–water partition coefficient (Wildman–Crippen LogP) is 5.35. The van der Waals surface area contributed by atoms with Gasteiger partial charge in [-0.1, -0.05) is 23.7 Å². The Morgan fingerprint density at radius 2 is 1.74 bits per heavy atom. The third-order valence-electron chi connectivity index (χ3n) is 7.10. The molecule has 0 bridgehead atoms. The average Bonchev–Trinajstić information content (AvgIpc) is 3.40. The average molecular weight is 583 g/mol. The van der Waals surface area contributed by atoms with Crippen molar-refractivity contribution in [2.45, 2.75) is 62.8 Å². The van der Waals surface area contributed by atoms with Crippen LogP contribution in [0.4, 0.5) is 31.1 Å². The lowest BCUT2D eigenvalue weighted by Crippen LogP contribution is -2.54. The molecule has 1 aromatic heterocycles. The van der Waals surface area contributed by atoms with E-state index in [2.05, 4.69) is 14.7 Å². The number of likely N-dealkylation sites (tertiary alicyclic amines) is 2. The Hall–Kier alpha value is -3.00. The van der Waals surface area contributed by atoms with Crippen LogP contribution in [0.1, 0.15) is 31.2 Å². The molecule has 2 saturated heterocycles. The number of alkyl halides is 6. The largest absolute Gasteiger partial charge is 0.480 e. The Kier molecular flexibility index (Phi) is 8.08. The summed E-state index contributed by atoms with van der Waals surface area (Å²) in [7, 11) is 0. The van der Waals surface area contributed by atoms with Gasteiger partial charge in [0.2, 0.25) is 0 Å². The fourth-order valence-electron chi connectivity index (χ4n) is 5.29. The van der Waals surface area contributed by atoms with Crippen LogP contribution in [-0.4, -0.2) is 80.4 Å². The normalized spacial score (nSPS) is 18.2. The van der Waals surface area contributed by atoms with Gasteiger partial charge in [0.15, 0.2) is 0 Å². The van der Waals surface area contributed by atoms with Crippen LogP contribution in [0, 0.1) is 0 Å². The molecule has 0 unspecified atom stereocenters. The number of aromatic nitrogens is 2. The number of aliphatic carboxylic acids is 1. The quantitative estimate of drug-likeness (QED) is 0.462. The van der Waals surface area contributed by atoms with E-state index in [0.29, 0.717) is 42.2 Å². The molecule has 2 aliphatic heterocycles. The predicted molar refractivity (Wildman–Crippen MR) is 126 cm³/mol. The molecule has 4 rings (SSSR count). The number of hydrogen-bond donors (Lipinski definition) is 1. The van der Waals surface area contributed by atoms with Gasteiger partial charge < -0.3 is 14.7 Å². The van der Waals surface area contributed by atoms with Crippen LogP contribution in [0.2, 0.25) is 5.02 Å². The van der Waals surface area contributed by atoms with Crippen LogP contribution < -0.4 is 0 Å². The molecule has 0 atom stereocenters. The van der Waals surface area contributed by atoms with E-state index < -0.39 is 36.1 Å². The van der Waals surface area contributed by atoms with Gasteiger partial charge in [0, 0.05) is 47.5 Å². The summed E-state index contributed by atoms with van der Waals surface area (Å²) < 4.78 is 82.1. The van der Waals surface area contributed by atoms with Crippen LogP contribution >= 0.6 is 11.6 Å². The summed E-state index contributed by atoms with van der Waals surface area (Å²) in [6.45, 7) is 0.533. The van der Waals surface area contributed by atoms with Crippen molar-refractivity contribution in [1.82, 2.24) is 19.6 Å². The van der Waals surface area contributed by atoms with Gasteiger partial charge in [-0.15, -0.1) is 0 Å². The summed E-state index contributed by atoms with van der Waals surface area (Å²) in [6, 6.07) is 6.93. The number of carbonyl (C=O) groups is 2. The van der Waals surface area contributed by atoms with Gasteiger partial charge >= 0.3 is 24.4 Å². The fourth-order valence-corrected chi connectivity index (χ4v) is 5.48. The molecule has 1 N–H and O–H groups in total. The number of carboxylic acid groups (broad SMARTS) is 1. The summed E-state index contributed by atoms with van der Waals surface area (Å²) in [5, 5.41) is 14.1. The molecule has 1 aromatic carbocycles. The minimum atomic E-state index is -5.78. The highest BCUT2D eigenvalue weighted by molar-refractivity contribution is 6.30. The molecule has 8 nitrogen and oxygen atoms in total. The standard InChI is InChI=1S/C24H25ClF6N4O4/c25-17-4-1-3-15(11-17)19-16(13-35(32-19)14-18(36)37)12-34-8-2-5-22(34)6-9-33(10-7-22)21(38)39-20(23(26,27)28)24(29,30)31/h1,3-4,11,13,20H,2,5-10,12,14H2,(H,36,37). The van der Waals surface area contributed by atoms with E-state index in [9.17, 15) is 41.0 Å². The van der Waals surface area contributed by atoms with Crippen molar-refractivity contribution < 1.29 is 45.8 Å². The molecule has 2 fully saturated rings. The molecule has 3 heterocycles. The molecule has 15 heteroatoms. The first kappa shape index (κ1) is 29.0. The maximum atomic E-state index is 12.8. The molecular formula is C24H25ClF6N4O4. The lowest BCUT2D eigenvalue weighted by molar-refractivity contribution is -0.308. The summed E-state index contributed by atoms with van der Waals surface area (Å²) in [5.74, 6) is -1.07. The maximum absolute atomic E-state index is 12.8. The minimum absolute atomic E-state index is 0.0722. The topological polar surface area (TPSA) is 87.9 Å². The van der Waals surface area contributed by atoms with E-state index in [1.807, 2.05) is 0 Å². The number of halogens is 7. The van der Waals surface area contributed by atoms with E-state index in [4.69, 9.17) is 11.6 Å². The van der Waals surface area contributed by atoms with Crippen molar-refractivity contribution in [2.75, 3.05) is 19.6 Å². The zero-order valence-electron chi connectivity index (χ0n) is 20.4. The molecular weight excluding hydrogens is 558 g/mol. The second-order valence-electron chi connectivity index (χ2n) is 9.69. The monoisotopic (exact) mass is 582 g/mol. The number of nitrogens with zero attached hydrogens (tertiary/aromatic N) is 4. The lowest BCUT2D eigenvalue weighted by atomic mass is 9.85. The third kappa shape index (κ3) is 6.60. The van der Waals surface area contributed by atoms with Gasteiger partial charge in [-0.3, -0.25) is 14.4 Å². The number of ether oxygens (including phenoxy) is 1. The highest BCUT2D eigenvalue weighted by atomic mass is 35.5. The molecule has 214 valence electrons. The second-order valence-corrected chi connectivity index (χ2v) is 10.1. The van der Waals surface area contributed by atoms with E-state index in [1.54, 1.807) is 30.5 Å². The third-order valence-corrected chi connectivity index (χ3v) is 7.34. The number of piperidine rings is 1. The number of carbonyl (C=O) groups excluding carboxylic acids is 1. The Bertz CT molecular complexity index is 1200. The van der Waals surface area contributed by atoms with Gasteiger partial charge in [-0.2, -0.15) is 31.4 Å². The zero-order valence-corrected chi connectivity index (χ0v) is 21.2. The summed E-state index contributed by atoms with van der Waals surface area (Å²) in [5.41, 5.74) is 1.54.